The molecule has 0 unspecified atom stereocenters. The van der Waals surface area contributed by atoms with Crippen molar-refractivity contribution >= 4 is 33.6 Å². The molecule has 2 rings (SSSR count). The fourth-order valence-electron chi connectivity index (χ4n) is 1.87. The third-order valence-electron chi connectivity index (χ3n) is 2.77. The molecular formula is C17H21NO2S. The smallest absolute Gasteiger partial charge is 0.407 e. The summed E-state index contributed by atoms with van der Waals surface area (Å²) >= 11 is 1.75. The molecule has 0 fully saturated rings. The topological polar surface area (TPSA) is 38.3 Å². The van der Waals surface area contributed by atoms with Crippen molar-refractivity contribution in [2.45, 2.75) is 32.8 Å². The van der Waals surface area contributed by atoms with Crippen LogP contribution in [0.25, 0.3) is 16.2 Å². The molecule has 0 atom stereocenters. The fraction of sp³-hybridized carbons (Fsp3) is 0.353. The molecule has 0 radical (unpaired) electrons. The van der Waals surface area contributed by atoms with Crippen molar-refractivity contribution in [3.05, 3.63) is 41.3 Å². The van der Waals surface area contributed by atoms with E-state index in [9.17, 15) is 4.79 Å². The zero-order valence-corrected chi connectivity index (χ0v) is 13.5. The predicted octanol–water partition coefficient (Wildman–Crippen LogP) is 4.83. The van der Waals surface area contributed by atoms with Crippen molar-refractivity contribution in [2.75, 3.05) is 6.54 Å². The van der Waals surface area contributed by atoms with Crippen molar-refractivity contribution < 1.29 is 9.53 Å². The molecule has 3 nitrogen and oxygen atoms in total. The van der Waals surface area contributed by atoms with E-state index in [-0.39, 0.29) is 6.09 Å². The summed E-state index contributed by atoms with van der Waals surface area (Å²) in [5.41, 5.74) is 0.734. The van der Waals surface area contributed by atoms with E-state index < -0.39 is 5.60 Å². The van der Waals surface area contributed by atoms with Gasteiger partial charge in [0.1, 0.15) is 5.60 Å². The molecule has 1 amide bonds. The summed E-state index contributed by atoms with van der Waals surface area (Å²) in [6, 6.07) is 8.54. The number of amides is 1. The van der Waals surface area contributed by atoms with Gasteiger partial charge in [0.15, 0.2) is 0 Å². The first-order chi connectivity index (χ1) is 9.94. The lowest BCUT2D eigenvalue weighted by atomic mass is 10.1. The fourth-order valence-corrected chi connectivity index (χ4v) is 2.70. The Labute approximate surface area is 129 Å². The lowest BCUT2D eigenvalue weighted by molar-refractivity contribution is 0.0529. The molecule has 0 aliphatic heterocycles. The molecule has 1 heterocycles. The second-order valence-corrected chi connectivity index (χ2v) is 6.79. The maximum absolute atomic E-state index is 11.5. The van der Waals surface area contributed by atoms with Crippen molar-refractivity contribution in [3.63, 3.8) is 0 Å². The number of rotatable bonds is 4. The molecule has 21 heavy (non-hydrogen) atoms. The highest BCUT2D eigenvalue weighted by atomic mass is 32.1. The predicted molar refractivity (Wildman–Crippen MR) is 89.7 cm³/mol. The number of carbonyl (C=O) groups excluding carboxylic acids is 1. The van der Waals surface area contributed by atoms with Gasteiger partial charge in [0.25, 0.3) is 0 Å². The molecule has 2 aromatic rings. The van der Waals surface area contributed by atoms with Gasteiger partial charge in [-0.2, -0.15) is 0 Å². The largest absolute Gasteiger partial charge is 0.444 e. The summed E-state index contributed by atoms with van der Waals surface area (Å²) in [4.78, 5) is 11.5. The van der Waals surface area contributed by atoms with Crippen molar-refractivity contribution in [1.29, 1.82) is 0 Å². The SMILES string of the molecule is CC(C)(C)OC(=O)NCCC=Cc1ccc2ccsc2c1. The quantitative estimate of drug-likeness (QED) is 0.822. The van der Waals surface area contributed by atoms with Crippen molar-refractivity contribution in [1.82, 2.24) is 5.32 Å². The van der Waals surface area contributed by atoms with Gasteiger partial charge < -0.3 is 10.1 Å². The van der Waals surface area contributed by atoms with Gasteiger partial charge in [-0.3, -0.25) is 0 Å². The lowest BCUT2D eigenvalue weighted by Gasteiger charge is -2.19. The average molecular weight is 303 g/mol. The normalized spacial score (nSPS) is 12.0. The first kappa shape index (κ1) is 15.6. The van der Waals surface area contributed by atoms with Crippen LogP contribution in [0.15, 0.2) is 35.7 Å². The minimum absolute atomic E-state index is 0.365. The van der Waals surface area contributed by atoms with Crippen LogP contribution in [-0.4, -0.2) is 18.2 Å². The van der Waals surface area contributed by atoms with Gasteiger partial charge in [-0.1, -0.05) is 24.3 Å². The van der Waals surface area contributed by atoms with E-state index >= 15 is 0 Å². The Morgan fingerprint density at radius 3 is 2.90 bits per heavy atom. The van der Waals surface area contributed by atoms with Crippen LogP contribution >= 0.6 is 11.3 Å². The van der Waals surface area contributed by atoms with Crippen molar-refractivity contribution in [3.8, 4) is 0 Å². The standard InChI is InChI=1S/C17H21NO2S/c1-17(2,3)20-16(19)18-10-5-4-6-13-7-8-14-9-11-21-15(14)12-13/h4,6-9,11-12H,5,10H2,1-3H3,(H,18,19). The van der Waals surface area contributed by atoms with Crippen LogP contribution in [0.4, 0.5) is 4.79 Å². The van der Waals surface area contributed by atoms with E-state index in [4.69, 9.17) is 4.74 Å². The molecule has 0 bridgehead atoms. The minimum atomic E-state index is -0.448. The van der Waals surface area contributed by atoms with Crippen LogP contribution in [0, 0.1) is 0 Å². The number of carbonyl (C=O) groups is 1. The van der Waals surface area contributed by atoms with Gasteiger partial charge >= 0.3 is 6.09 Å². The van der Waals surface area contributed by atoms with E-state index in [2.05, 4.69) is 47.1 Å². The third-order valence-corrected chi connectivity index (χ3v) is 3.65. The van der Waals surface area contributed by atoms with E-state index in [1.165, 1.54) is 15.6 Å². The molecule has 0 aliphatic rings. The Hall–Kier alpha value is -1.81. The number of fused-ring (bicyclic) bond motifs is 1. The molecule has 4 heteroatoms. The molecule has 0 saturated carbocycles. The van der Waals surface area contributed by atoms with Crippen molar-refractivity contribution in [2.24, 2.45) is 0 Å². The molecule has 1 aromatic carbocycles. The van der Waals surface area contributed by atoms with Gasteiger partial charge in [0, 0.05) is 11.2 Å². The molecule has 1 N–H and O–H groups in total. The molecular weight excluding hydrogens is 282 g/mol. The van der Waals surface area contributed by atoms with Crippen LogP contribution in [0.2, 0.25) is 0 Å². The van der Waals surface area contributed by atoms with Gasteiger partial charge in [-0.25, -0.2) is 4.79 Å². The van der Waals surface area contributed by atoms with E-state index in [1.807, 2.05) is 20.8 Å². The number of nitrogens with one attached hydrogen (secondary N) is 1. The zero-order chi connectivity index (χ0) is 15.3. The van der Waals surface area contributed by atoms with Crippen LogP contribution in [0.5, 0.6) is 0 Å². The molecule has 0 saturated heterocycles. The van der Waals surface area contributed by atoms with E-state index in [0.29, 0.717) is 6.54 Å². The zero-order valence-electron chi connectivity index (χ0n) is 12.7. The Kier molecular flexibility index (Phi) is 5.02. The summed E-state index contributed by atoms with van der Waals surface area (Å²) in [7, 11) is 0. The van der Waals surface area contributed by atoms with Gasteiger partial charge in [0.05, 0.1) is 0 Å². The minimum Gasteiger partial charge on any atom is -0.444 e. The Morgan fingerprint density at radius 1 is 1.33 bits per heavy atom. The average Bonchev–Trinajstić information content (AvgIpc) is 2.83. The summed E-state index contributed by atoms with van der Waals surface area (Å²) in [5.74, 6) is 0. The van der Waals surface area contributed by atoms with Crippen LogP contribution < -0.4 is 5.32 Å². The van der Waals surface area contributed by atoms with Crippen LogP contribution in [-0.2, 0) is 4.74 Å². The highest BCUT2D eigenvalue weighted by Gasteiger charge is 2.15. The number of thiophene rings is 1. The number of hydrogen-bond donors (Lipinski definition) is 1. The molecule has 0 aliphatic carbocycles. The van der Waals surface area contributed by atoms with Crippen LogP contribution in [0.1, 0.15) is 32.8 Å². The number of benzene rings is 1. The summed E-state index contributed by atoms with van der Waals surface area (Å²) in [6.45, 7) is 6.14. The molecule has 112 valence electrons. The van der Waals surface area contributed by atoms with Gasteiger partial charge in [-0.15, -0.1) is 11.3 Å². The second kappa shape index (κ2) is 6.76. The summed E-state index contributed by atoms with van der Waals surface area (Å²) < 4.78 is 6.46. The summed E-state index contributed by atoms with van der Waals surface area (Å²) in [5, 5.41) is 6.12. The second-order valence-electron chi connectivity index (χ2n) is 5.84. The highest BCUT2D eigenvalue weighted by molar-refractivity contribution is 7.17. The number of ether oxygens (including phenoxy) is 1. The first-order valence-electron chi connectivity index (χ1n) is 7.05. The highest BCUT2D eigenvalue weighted by Crippen LogP contribution is 2.22. The molecule has 1 aromatic heterocycles. The van der Waals surface area contributed by atoms with E-state index in [1.54, 1.807) is 11.3 Å². The Bertz CT molecular complexity index is 638. The monoisotopic (exact) mass is 303 g/mol. The van der Waals surface area contributed by atoms with E-state index in [0.717, 1.165) is 6.42 Å². The van der Waals surface area contributed by atoms with Gasteiger partial charge in [-0.05, 0) is 55.7 Å². The Balaban J connectivity index is 1.76. The number of alkyl carbamates (subject to hydrolysis) is 1. The summed E-state index contributed by atoms with van der Waals surface area (Å²) in [6.07, 6.45) is 4.56. The third kappa shape index (κ3) is 5.23. The van der Waals surface area contributed by atoms with Gasteiger partial charge in [0.2, 0.25) is 0 Å². The maximum atomic E-state index is 11.5. The number of hydrogen-bond acceptors (Lipinski definition) is 3. The van der Waals surface area contributed by atoms with Crippen LogP contribution in [0.3, 0.4) is 0 Å². The maximum Gasteiger partial charge on any atom is 0.407 e. The lowest BCUT2D eigenvalue weighted by Crippen LogP contribution is -2.32. The molecule has 0 spiro atoms. The first-order valence-corrected chi connectivity index (χ1v) is 7.93. The Morgan fingerprint density at radius 2 is 2.14 bits per heavy atom.